The molecule has 1 unspecified atom stereocenters. The van der Waals surface area contributed by atoms with Crippen molar-refractivity contribution >= 4 is 22.1 Å². The zero-order valence-electron chi connectivity index (χ0n) is 14.1. The lowest BCUT2D eigenvalue weighted by molar-refractivity contribution is -0.137. The van der Waals surface area contributed by atoms with Crippen molar-refractivity contribution in [3.05, 3.63) is 34.9 Å². The maximum Gasteiger partial charge on any atom is 0.416 e. The van der Waals surface area contributed by atoms with E-state index in [9.17, 15) is 26.4 Å². The van der Waals surface area contributed by atoms with Gasteiger partial charge in [-0.1, -0.05) is 6.92 Å². The van der Waals surface area contributed by atoms with Crippen LogP contribution in [0.5, 0.6) is 0 Å². The SMILES string of the molecule is CCC(=Cc1cc(C(F)(F)F)cc(S(=O)(=O)N(C)CC2CO2)c1)C(=O)O. The molecule has 2 rings (SSSR count). The Bertz CT molecular complexity index is 829. The van der Waals surface area contributed by atoms with E-state index in [4.69, 9.17) is 9.84 Å². The van der Waals surface area contributed by atoms with E-state index >= 15 is 0 Å². The fourth-order valence-electron chi connectivity index (χ4n) is 2.27. The lowest BCUT2D eigenvalue weighted by Crippen LogP contribution is -2.30. The summed E-state index contributed by atoms with van der Waals surface area (Å²) in [6.07, 6.45) is -3.92. The highest BCUT2D eigenvalue weighted by atomic mass is 32.2. The number of ether oxygens (including phenoxy) is 1. The first-order valence-electron chi connectivity index (χ1n) is 7.69. The van der Waals surface area contributed by atoms with Crippen molar-refractivity contribution in [2.75, 3.05) is 20.2 Å². The van der Waals surface area contributed by atoms with Crippen LogP contribution >= 0.6 is 0 Å². The Balaban J connectivity index is 2.54. The number of nitrogens with zero attached hydrogens (tertiary/aromatic N) is 1. The van der Waals surface area contributed by atoms with Crippen molar-refractivity contribution in [2.24, 2.45) is 0 Å². The number of hydrogen-bond donors (Lipinski definition) is 1. The molecule has 26 heavy (non-hydrogen) atoms. The Kier molecular flexibility index (Phi) is 5.79. The molecule has 1 aromatic rings. The van der Waals surface area contributed by atoms with Crippen LogP contribution in [-0.4, -0.2) is 50.1 Å². The number of rotatable bonds is 7. The van der Waals surface area contributed by atoms with Gasteiger partial charge in [0.2, 0.25) is 10.0 Å². The molecule has 1 aliphatic rings. The zero-order chi connectivity index (χ0) is 19.7. The average Bonchev–Trinajstić information content (AvgIpc) is 3.35. The number of carboxylic acids is 1. The number of hydrogen-bond acceptors (Lipinski definition) is 4. The van der Waals surface area contributed by atoms with Crippen LogP contribution in [0.1, 0.15) is 24.5 Å². The molecule has 1 aromatic carbocycles. The Labute approximate surface area is 148 Å². The molecular formula is C16H18F3NO5S. The van der Waals surface area contributed by atoms with E-state index in [0.717, 1.165) is 22.5 Å². The Morgan fingerprint density at radius 3 is 2.46 bits per heavy atom. The maximum atomic E-state index is 13.2. The highest BCUT2D eigenvalue weighted by molar-refractivity contribution is 7.89. The van der Waals surface area contributed by atoms with Crippen LogP contribution in [0, 0.1) is 0 Å². The normalized spacial score (nSPS) is 18.2. The molecule has 10 heteroatoms. The second-order valence-corrected chi connectivity index (χ2v) is 7.90. The summed E-state index contributed by atoms with van der Waals surface area (Å²) in [6, 6.07) is 2.30. The van der Waals surface area contributed by atoms with Gasteiger partial charge in [-0.15, -0.1) is 0 Å². The van der Waals surface area contributed by atoms with E-state index in [1.54, 1.807) is 0 Å². The third-order valence-corrected chi connectivity index (χ3v) is 5.63. The molecule has 1 aliphatic heterocycles. The summed E-state index contributed by atoms with van der Waals surface area (Å²) in [7, 11) is -2.93. The van der Waals surface area contributed by atoms with Crippen molar-refractivity contribution in [3.8, 4) is 0 Å². The number of halogens is 3. The van der Waals surface area contributed by atoms with E-state index in [-0.39, 0.29) is 30.2 Å². The van der Waals surface area contributed by atoms with Crippen LogP contribution in [0.2, 0.25) is 0 Å². The molecule has 1 heterocycles. The Morgan fingerprint density at radius 1 is 1.38 bits per heavy atom. The number of carbonyl (C=O) groups is 1. The van der Waals surface area contributed by atoms with Crippen LogP contribution in [0.25, 0.3) is 6.08 Å². The zero-order valence-corrected chi connectivity index (χ0v) is 14.9. The molecule has 0 aliphatic carbocycles. The molecule has 144 valence electrons. The molecule has 0 bridgehead atoms. The van der Waals surface area contributed by atoms with Gasteiger partial charge in [0.15, 0.2) is 0 Å². The highest BCUT2D eigenvalue weighted by Crippen LogP contribution is 2.33. The van der Waals surface area contributed by atoms with Crippen LogP contribution in [0.4, 0.5) is 13.2 Å². The van der Waals surface area contributed by atoms with Gasteiger partial charge in [-0.05, 0) is 36.3 Å². The summed E-state index contributed by atoms with van der Waals surface area (Å²) >= 11 is 0. The fraction of sp³-hybridized carbons (Fsp3) is 0.438. The van der Waals surface area contributed by atoms with E-state index in [2.05, 4.69) is 0 Å². The van der Waals surface area contributed by atoms with Crippen molar-refractivity contribution in [1.82, 2.24) is 4.31 Å². The average molecular weight is 393 g/mol. The molecule has 1 atom stereocenters. The molecule has 0 radical (unpaired) electrons. The standard InChI is InChI=1S/C16H18F3NO5S/c1-3-11(15(21)22)4-10-5-12(16(17,18)19)7-14(6-10)26(23,24)20(2)8-13-9-25-13/h4-7,13H,3,8-9H2,1-2H3,(H,21,22). The third-order valence-electron chi connectivity index (χ3n) is 3.82. The quantitative estimate of drug-likeness (QED) is 0.568. The van der Waals surface area contributed by atoms with Gasteiger partial charge in [-0.2, -0.15) is 17.5 Å². The number of carboxylic acid groups (broad SMARTS) is 1. The fourth-order valence-corrected chi connectivity index (χ4v) is 3.56. The maximum absolute atomic E-state index is 13.2. The van der Waals surface area contributed by atoms with Crippen molar-refractivity contribution in [2.45, 2.75) is 30.5 Å². The van der Waals surface area contributed by atoms with Crippen LogP contribution in [0.15, 0.2) is 28.7 Å². The summed E-state index contributed by atoms with van der Waals surface area (Å²) in [5, 5.41) is 9.06. The van der Waals surface area contributed by atoms with Gasteiger partial charge in [0.05, 0.1) is 23.2 Å². The predicted molar refractivity (Wildman–Crippen MR) is 86.9 cm³/mol. The molecule has 1 fully saturated rings. The van der Waals surface area contributed by atoms with Crippen molar-refractivity contribution in [1.29, 1.82) is 0 Å². The second kappa shape index (κ2) is 7.37. The van der Waals surface area contributed by atoms with Gasteiger partial charge < -0.3 is 9.84 Å². The van der Waals surface area contributed by atoms with Crippen LogP contribution in [-0.2, 0) is 25.7 Å². The lowest BCUT2D eigenvalue weighted by Gasteiger charge is -2.18. The molecule has 0 saturated carbocycles. The minimum absolute atomic E-state index is 0.0269. The summed E-state index contributed by atoms with van der Waals surface area (Å²) in [6.45, 7) is 1.96. The molecule has 0 spiro atoms. The first kappa shape index (κ1) is 20.4. The van der Waals surface area contributed by atoms with Gasteiger partial charge in [-0.25, -0.2) is 13.2 Å². The Hall–Kier alpha value is -1.91. The number of alkyl halides is 3. The van der Waals surface area contributed by atoms with Gasteiger partial charge in [0.25, 0.3) is 0 Å². The van der Waals surface area contributed by atoms with Gasteiger partial charge in [0, 0.05) is 19.2 Å². The highest BCUT2D eigenvalue weighted by Gasteiger charge is 2.35. The largest absolute Gasteiger partial charge is 0.478 e. The topological polar surface area (TPSA) is 87.2 Å². The molecule has 1 N–H and O–H groups in total. The summed E-state index contributed by atoms with van der Waals surface area (Å²) in [4.78, 5) is 10.6. The number of sulfonamides is 1. The number of benzene rings is 1. The molecule has 0 aromatic heterocycles. The molecule has 6 nitrogen and oxygen atoms in total. The van der Waals surface area contributed by atoms with Crippen LogP contribution < -0.4 is 0 Å². The van der Waals surface area contributed by atoms with Crippen LogP contribution in [0.3, 0.4) is 0 Å². The van der Waals surface area contributed by atoms with E-state index < -0.39 is 32.6 Å². The summed E-state index contributed by atoms with van der Waals surface area (Å²) < 4.78 is 70.5. The van der Waals surface area contributed by atoms with Crippen molar-refractivity contribution in [3.63, 3.8) is 0 Å². The van der Waals surface area contributed by atoms with Gasteiger partial charge in [-0.3, -0.25) is 0 Å². The van der Waals surface area contributed by atoms with E-state index in [1.165, 1.54) is 14.0 Å². The van der Waals surface area contributed by atoms with Gasteiger partial charge in [0.1, 0.15) is 0 Å². The van der Waals surface area contributed by atoms with Crippen molar-refractivity contribution < 1.29 is 36.2 Å². The number of aliphatic carboxylic acids is 1. The minimum atomic E-state index is -4.78. The number of likely N-dealkylation sites (N-methyl/N-ethyl adjacent to an activating group) is 1. The van der Waals surface area contributed by atoms with E-state index in [0.29, 0.717) is 12.7 Å². The molecular weight excluding hydrogens is 375 g/mol. The van der Waals surface area contributed by atoms with E-state index in [1.807, 2.05) is 0 Å². The third kappa shape index (κ3) is 4.83. The lowest BCUT2D eigenvalue weighted by atomic mass is 10.1. The smallest absolute Gasteiger partial charge is 0.416 e. The summed E-state index contributed by atoms with van der Waals surface area (Å²) in [5.74, 6) is -1.28. The number of epoxide rings is 1. The second-order valence-electron chi connectivity index (χ2n) is 5.86. The Morgan fingerprint density at radius 2 is 2.00 bits per heavy atom. The predicted octanol–water partition coefficient (Wildman–Crippen LogP) is 2.60. The molecule has 1 saturated heterocycles. The molecule has 0 amide bonds. The summed E-state index contributed by atoms with van der Waals surface area (Å²) in [5.41, 5.74) is -1.44. The van der Waals surface area contributed by atoms with Gasteiger partial charge >= 0.3 is 12.1 Å². The first-order valence-corrected chi connectivity index (χ1v) is 9.13. The first-order chi connectivity index (χ1) is 11.9. The minimum Gasteiger partial charge on any atom is -0.478 e. The monoisotopic (exact) mass is 393 g/mol.